The van der Waals surface area contributed by atoms with Crippen molar-refractivity contribution in [2.75, 3.05) is 19.0 Å². The molecule has 0 fully saturated rings. The fourth-order valence-corrected chi connectivity index (χ4v) is 2.58. The van der Waals surface area contributed by atoms with E-state index >= 15 is 0 Å². The molecule has 0 saturated carbocycles. The molecule has 2 aromatic rings. The molecule has 4 nitrogen and oxygen atoms in total. The third-order valence-electron chi connectivity index (χ3n) is 3.90. The number of carbonyl (C=O) groups is 1. The summed E-state index contributed by atoms with van der Waals surface area (Å²) in [5, 5.41) is 13.1. The van der Waals surface area contributed by atoms with Gasteiger partial charge in [0.2, 0.25) is 0 Å². The molecule has 0 amide bonds. The second kappa shape index (κ2) is 8.92. The maximum atomic E-state index is 12.4. The molecule has 0 aliphatic heterocycles. The summed E-state index contributed by atoms with van der Waals surface area (Å²) in [4.78, 5) is 12.4. The van der Waals surface area contributed by atoms with Crippen molar-refractivity contribution < 1.29 is 14.6 Å². The number of allylic oxidation sites excluding steroid dienone is 1. The van der Waals surface area contributed by atoms with Crippen LogP contribution in [-0.2, 0) is 6.42 Å². The highest BCUT2D eigenvalue weighted by atomic mass is 16.5. The number of aromatic hydroxyl groups is 1. The van der Waals surface area contributed by atoms with Gasteiger partial charge in [0.05, 0.1) is 6.61 Å². The van der Waals surface area contributed by atoms with Crippen molar-refractivity contribution in [3.63, 3.8) is 0 Å². The Hall–Kier alpha value is -2.75. The first-order valence-electron chi connectivity index (χ1n) is 8.58. The van der Waals surface area contributed by atoms with Crippen molar-refractivity contribution in [1.29, 1.82) is 0 Å². The van der Waals surface area contributed by atoms with E-state index in [0.29, 0.717) is 17.9 Å². The fraction of sp³-hybridized carbons (Fsp3) is 0.286. The lowest BCUT2D eigenvalue weighted by Gasteiger charge is -2.11. The topological polar surface area (TPSA) is 58.6 Å². The predicted octanol–water partition coefficient (Wildman–Crippen LogP) is 4.68. The highest BCUT2D eigenvalue weighted by Crippen LogP contribution is 2.30. The van der Waals surface area contributed by atoms with E-state index in [0.717, 1.165) is 29.7 Å². The second-order valence-electron chi connectivity index (χ2n) is 5.73. The lowest BCUT2D eigenvalue weighted by molar-refractivity contribution is 0.104. The van der Waals surface area contributed by atoms with Crippen LogP contribution in [0.25, 0.3) is 6.08 Å². The Morgan fingerprint density at radius 1 is 1.20 bits per heavy atom. The van der Waals surface area contributed by atoms with E-state index in [1.54, 1.807) is 30.4 Å². The molecule has 0 unspecified atom stereocenters. The smallest absolute Gasteiger partial charge is 0.185 e. The summed E-state index contributed by atoms with van der Waals surface area (Å²) in [6.45, 7) is 4.44. The van der Waals surface area contributed by atoms with Crippen molar-refractivity contribution in [3.8, 4) is 11.5 Å². The van der Waals surface area contributed by atoms with Crippen LogP contribution in [0.1, 0.15) is 41.8 Å². The van der Waals surface area contributed by atoms with Gasteiger partial charge in [0.15, 0.2) is 5.78 Å². The number of ether oxygens (including phenoxy) is 1. The monoisotopic (exact) mass is 339 g/mol. The van der Waals surface area contributed by atoms with E-state index in [9.17, 15) is 9.90 Å². The van der Waals surface area contributed by atoms with Crippen molar-refractivity contribution >= 4 is 17.5 Å². The molecular formula is C21H25NO3. The van der Waals surface area contributed by atoms with Gasteiger partial charge in [-0.25, -0.2) is 0 Å². The standard InChI is InChI=1S/C21H25NO3/c1-4-6-16-13-17(21(25-5-2)14-20(16)24)9-12-19(23)15-7-10-18(22-3)11-8-15/h7-14,22,24H,4-6H2,1-3H3/b12-9+. The van der Waals surface area contributed by atoms with Crippen LogP contribution < -0.4 is 10.1 Å². The molecule has 0 bridgehead atoms. The van der Waals surface area contributed by atoms with Crippen molar-refractivity contribution in [2.24, 2.45) is 0 Å². The Kier molecular flexibility index (Phi) is 6.63. The molecule has 2 rings (SSSR count). The predicted molar refractivity (Wildman–Crippen MR) is 103 cm³/mol. The maximum absolute atomic E-state index is 12.4. The Balaban J connectivity index is 2.27. The van der Waals surface area contributed by atoms with Gasteiger partial charge in [-0.3, -0.25) is 4.79 Å². The van der Waals surface area contributed by atoms with Gasteiger partial charge in [-0.1, -0.05) is 13.3 Å². The zero-order valence-corrected chi connectivity index (χ0v) is 15.0. The third kappa shape index (κ3) is 4.86. The van der Waals surface area contributed by atoms with Gasteiger partial charge in [0.25, 0.3) is 0 Å². The Morgan fingerprint density at radius 3 is 2.52 bits per heavy atom. The summed E-state index contributed by atoms with van der Waals surface area (Å²) in [5.74, 6) is 0.737. The maximum Gasteiger partial charge on any atom is 0.185 e. The van der Waals surface area contributed by atoms with Gasteiger partial charge in [0, 0.05) is 29.9 Å². The first kappa shape index (κ1) is 18.6. The number of phenolic OH excluding ortho intramolecular Hbond substituents is 1. The number of hydrogen-bond donors (Lipinski definition) is 2. The van der Waals surface area contributed by atoms with Crippen molar-refractivity contribution in [2.45, 2.75) is 26.7 Å². The van der Waals surface area contributed by atoms with Crippen LogP contribution in [0.3, 0.4) is 0 Å². The number of rotatable bonds is 8. The molecule has 132 valence electrons. The molecule has 4 heteroatoms. The van der Waals surface area contributed by atoms with Gasteiger partial charge >= 0.3 is 0 Å². The van der Waals surface area contributed by atoms with Crippen LogP contribution >= 0.6 is 0 Å². The number of benzene rings is 2. The lowest BCUT2D eigenvalue weighted by atomic mass is 10.0. The molecule has 0 saturated heterocycles. The number of carbonyl (C=O) groups excluding carboxylic acids is 1. The zero-order chi connectivity index (χ0) is 18.2. The molecule has 0 atom stereocenters. The molecule has 0 aliphatic rings. The minimum absolute atomic E-state index is 0.0739. The van der Waals surface area contributed by atoms with E-state index in [1.807, 2.05) is 32.2 Å². The summed E-state index contributed by atoms with van der Waals surface area (Å²) >= 11 is 0. The van der Waals surface area contributed by atoms with E-state index in [4.69, 9.17) is 4.74 Å². The van der Waals surface area contributed by atoms with Crippen LogP contribution in [0.4, 0.5) is 5.69 Å². The minimum atomic E-state index is -0.0739. The largest absolute Gasteiger partial charge is 0.508 e. The van der Waals surface area contributed by atoms with Crippen LogP contribution in [0.5, 0.6) is 11.5 Å². The first-order valence-corrected chi connectivity index (χ1v) is 8.58. The average Bonchev–Trinajstić information content (AvgIpc) is 2.63. The zero-order valence-electron chi connectivity index (χ0n) is 15.0. The molecule has 2 N–H and O–H groups in total. The molecular weight excluding hydrogens is 314 g/mol. The van der Waals surface area contributed by atoms with Crippen LogP contribution in [0, 0.1) is 0 Å². The first-order chi connectivity index (χ1) is 12.1. The Bertz CT molecular complexity index is 748. The number of anilines is 1. The summed E-state index contributed by atoms with van der Waals surface area (Å²) < 4.78 is 5.59. The van der Waals surface area contributed by atoms with E-state index in [-0.39, 0.29) is 11.5 Å². The summed E-state index contributed by atoms with van der Waals surface area (Å²) in [6, 6.07) is 10.8. The van der Waals surface area contributed by atoms with Crippen molar-refractivity contribution in [3.05, 3.63) is 59.2 Å². The average molecular weight is 339 g/mol. The van der Waals surface area contributed by atoms with Gasteiger partial charge in [-0.05, 0) is 61.4 Å². The third-order valence-corrected chi connectivity index (χ3v) is 3.90. The second-order valence-corrected chi connectivity index (χ2v) is 5.73. The van der Waals surface area contributed by atoms with E-state index < -0.39 is 0 Å². The number of phenols is 1. The number of hydrogen-bond acceptors (Lipinski definition) is 4. The van der Waals surface area contributed by atoms with E-state index in [2.05, 4.69) is 12.2 Å². The highest BCUT2D eigenvalue weighted by molar-refractivity contribution is 6.07. The molecule has 2 aromatic carbocycles. The van der Waals surface area contributed by atoms with E-state index in [1.165, 1.54) is 0 Å². The Labute approximate surface area is 149 Å². The molecule has 0 aromatic heterocycles. The fourth-order valence-electron chi connectivity index (χ4n) is 2.58. The highest BCUT2D eigenvalue weighted by Gasteiger charge is 2.09. The van der Waals surface area contributed by atoms with Gasteiger partial charge in [-0.2, -0.15) is 0 Å². The summed E-state index contributed by atoms with van der Waals surface area (Å²) in [7, 11) is 1.84. The minimum Gasteiger partial charge on any atom is -0.508 e. The molecule has 25 heavy (non-hydrogen) atoms. The quantitative estimate of drug-likeness (QED) is 0.541. The van der Waals surface area contributed by atoms with Crippen LogP contribution in [0.2, 0.25) is 0 Å². The van der Waals surface area contributed by atoms with Crippen LogP contribution in [-0.4, -0.2) is 24.5 Å². The van der Waals surface area contributed by atoms with Crippen LogP contribution in [0.15, 0.2) is 42.5 Å². The Morgan fingerprint density at radius 2 is 1.92 bits per heavy atom. The van der Waals surface area contributed by atoms with Gasteiger partial charge in [-0.15, -0.1) is 0 Å². The number of ketones is 1. The SMILES string of the molecule is CCCc1cc(/C=C/C(=O)c2ccc(NC)cc2)c(OCC)cc1O. The van der Waals surface area contributed by atoms with Crippen molar-refractivity contribution in [1.82, 2.24) is 0 Å². The molecule has 0 heterocycles. The molecule has 0 spiro atoms. The summed E-state index contributed by atoms with van der Waals surface area (Å²) in [5.41, 5.74) is 3.24. The normalized spacial score (nSPS) is 10.8. The molecule has 0 radical (unpaired) electrons. The number of nitrogens with one attached hydrogen (secondary N) is 1. The molecule has 0 aliphatic carbocycles. The van der Waals surface area contributed by atoms with Gasteiger partial charge in [0.1, 0.15) is 11.5 Å². The van der Waals surface area contributed by atoms with Gasteiger partial charge < -0.3 is 15.2 Å². The lowest BCUT2D eigenvalue weighted by Crippen LogP contribution is -1.98. The number of aryl methyl sites for hydroxylation is 1. The summed E-state index contributed by atoms with van der Waals surface area (Å²) in [6.07, 6.45) is 5.00.